The Bertz CT molecular complexity index is 978. The second-order valence-corrected chi connectivity index (χ2v) is 8.98. The lowest BCUT2D eigenvalue weighted by atomic mass is 10.2. The fraction of sp³-hybridized carbons (Fsp3) is 0.188. The number of thioether (sulfide) groups is 1. The summed E-state index contributed by atoms with van der Waals surface area (Å²) < 4.78 is 29.9. The maximum Gasteiger partial charge on any atom is 0.262 e. The number of rotatable bonds is 4. The highest BCUT2D eigenvalue weighted by Gasteiger charge is 2.17. The lowest BCUT2D eigenvalue weighted by molar-refractivity contribution is 0.600. The van der Waals surface area contributed by atoms with Crippen LogP contribution in [0.5, 0.6) is 0 Å². The van der Waals surface area contributed by atoms with Crippen molar-refractivity contribution in [2.24, 2.45) is 0 Å². The van der Waals surface area contributed by atoms with E-state index in [0.717, 1.165) is 25.7 Å². The Labute approximate surface area is 144 Å². The van der Waals surface area contributed by atoms with Crippen LogP contribution >= 0.6 is 23.1 Å². The third-order valence-electron chi connectivity index (χ3n) is 3.43. The minimum absolute atomic E-state index is 0.312. The fourth-order valence-corrected chi connectivity index (χ4v) is 5.17. The maximum absolute atomic E-state index is 12.6. The van der Waals surface area contributed by atoms with E-state index in [-0.39, 0.29) is 0 Å². The van der Waals surface area contributed by atoms with Gasteiger partial charge in [0.15, 0.2) is 4.34 Å². The quantitative estimate of drug-likeness (QED) is 0.696. The van der Waals surface area contributed by atoms with Gasteiger partial charge < -0.3 is 0 Å². The van der Waals surface area contributed by atoms with Gasteiger partial charge in [-0.1, -0.05) is 23.9 Å². The summed E-state index contributed by atoms with van der Waals surface area (Å²) in [5.74, 6) is 0. The van der Waals surface area contributed by atoms with Gasteiger partial charge in [0.1, 0.15) is 0 Å². The number of hydrogen-bond donors (Lipinski definition) is 1. The zero-order valence-electron chi connectivity index (χ0n) is 13.0. The van der Waals surface area contributed by atoms with Crippen LogP contribution in [0.3, 0.4) is 0 Å². The molecular weight excluding hydrogens is 348 g/mol. The summed E-state index contributed by atoms with van der Waals surface area (Å²) in [5.41, 5.74) is 3.08. The molecule has 0 fully saturated rings. The number of aromatic nitrogens is 1. The number of fused-ring (bicyclic) bond motifs is 1. The zero-order valence-corrected chi connectivity index (χ0v) is 15.4. The summed E-state index contributed by atoms with van der Waals surface area (Å²) in [6.07, 6.45) is 1.97. The molecule has 0 saturated carbocycles. The first-order valence-corrected chi connectivity index (χ1v) is 10.5. The van der Waals surface area contributed by atoms with Gasteiger partial charge in [-0.2, -0.15) is 0 Å². The van der Waals surface area contributed by atoms with Crippen LogP contribution in [-0.2, 0) is 10.0 Å². The smallest absolute Gasteiger partial charge is 0.262 e. The van der Waals surface area contributed by atoms with E-state index in [1.54, 1.807) is 42.2 Å². The van der Waals surface area contributed by atoms with Crippen LogP contribution in [0, 0.1) is 13.8 Å². The number of benzene rings is 2. The predicted octanol–water partition coefficient (Wildman–Crippen LogP) is 4.44. The molecule has 0 amide bonds. The number of anilines is 1. The van der Waals surface area contributed by atoms with Gasteiger partial charge in [0.2, 0.25) is 0 Å². The Kier molecular flexibility index (Phi) is 4.35. The van der Waals surface area contributed by atoms with Crippen molar-refractivity contribution in [2.45, 2.75) is 23.1 Å². The Balaban J connectivity index is 1.98. The van der Waals surface area contributed by atoms with E-state index in [1.165, 1.54) is 0 Å². The Morgan fingerprint density at radius 3 is 2.65 bits per heavy atom. The van der Waals surface area contributed by atoms with Crippen molar-refractivity contribution in [3.63, 3.8) is 0 Å². The molecule has 2 aromatic carbocycles. The van der Waals surface area contributed by atoms with Crippen LogP contribution in [0.2, 0.25) is 0 Å². The van der Waals surface area contributed by atoms with Gasteiger partial charge in [-0.15, -0.1) is 11.3 Å². The summed E-state index contributed by atoms with van der Waals surface area (Å²) in [7, 11) is -3.60. The van der Waals surface area contributed by atoms with Gasteiger partial charge in [0.05, 0.1) is 20.8 Å². The molecule has 1 aromatic heterocycles. The van der Waals surface area contributed by atoms with Crippen molar-refractivity contribution in [1.29, 1.82) is 0 Å². The highest BCUT2D eigenvalue weighted by molar-refractivity contribution is 8.00. The topological polar surface area (TPSA) is 59.1 Å². The molecule has 1 heterocycles. The molecule has 0 spiro atoms. The van der Waals surface area contributed by atoms with E-state index in [2.05, 4.69) is 9.71 Å². The molecule has 0 unspecified atom stereocenters. The van der Waals surface area contributed by atoms with E-state index < -0.39 is 10.0 Å². The lowest BCUT2D eigenvalue weighted by Crippen LogP contribution is -2.14. The van der Waals surface area contributed by atoms with Crippen molar-refractivity contribution < 1.29 is 8.42 Å². The second kappa shape index (κ2) is 6.14. The molecule has 7 heteroatoms. The molecule has 1 N–H and O–H groups in total. The minimum Gasteiger partial charge on any atom is -0.280 e. The summed E-state index contributed by atoms with van der Waals surface area (Å²) in [6, 6.07) is 10.8. The molecule has 23 heavy (non-hydrogen) atoms. The van der Waals surface area contributed by atoms with Crippen molar-refractivity contribution in [3.05, 3.63) is 47.5 Å². The van der Waals surface area contributed by atoms with Crippen LogP contribution < -0.4 is 4.72 Å². The van der Waals surface area contributed by atoms with Crippen molar-refractivity contribution in [3.8, 4) is 0 Å². The largest absolute Gasteiger partial charge is 0.280 e. The molecule has 4 nitrogen and oxygen atoms in total. The first-order chi connectivity index (χ1) is 10.9. The van der Waals surface area contributed by atoms with E-state index in [1.807, 2.05) is 37.4 Å². The third-order valence-corrected chi connectivity index (χ3v) is 6.96. The van der Waals surface area contributed by atoms with Crippen LogP contribution in [0.4, 0.5) is 5.69 Å². The van der Waals surface area contributed by atoms with Gasteiger partial charge in [0, 0.05) is 0 Å². The molecule has 0 saturated heterocycles. The van der Waals surface area contributed by atoms with Crippen LogP contribution in [0.25, 0.3) is 10.2 Å². The molecule has 0 atom stereocenters. The minimum atomic E-state index is -3.60. The highest BCUT2D eigenvalue weighted by Crippen LogP contribution is 2.31. The van der Waals surface area contributed by atoms with Crippen molar-refractivity contribution in [2.75, 3.05) is 11.0 Å². The Morgan fingerprint density at radius 1 is 1.13 bits per heavy atom. The SMILES string of the molecule is CSc1nc2ccc(NS(=O)(=O)c3cc(C)ccc3C)cc2s1. The van der Waals surface area contributed by atoms with E-state index in [0.29, 0.717) is 10.6 Å². The summed E-state index contributed by atoms with van der Waals surface area (Å²) in [5, 5.41) is 0. The number of thiazole rings is 1. The van der Waals surface area contributed by atoms with Gasteiger partial charge in [0.25, 0.3) is 10.0 Å². The molecule has 120 valence electrons. The molecule has 0 aliphatic carbocycles. The first kappa shape index (κ1) is 16.3. The molecule has 3 aromatic rings. The fourth-order valence-electron chi connectivity index (χ4n) is 2.26. The summed E-state index contributed by atoms with van der Waals surface area (Å²) in [4.78, 5) is 4.77. The van der Waals surface area contributed by atoms with E-state index in [9.17, 15) is 8.42 Å². The standard InChI is InChI=1S/C16H16N2O2S3/c1-10-4-5-11(2)15(8-10)23(19,20)18-12-6-7-13-14(9-12)22-16(17-13)21-3/h4-9,18H,1-3H3. The number of hydrogen-bond acceptors (Lipinski definition) is 5. The van der Waals surface area contributed by atoms with Gasteiger partial charge in [-0.25, -0.2) is 13.4 Å². The summed E-state index contributed by atoms with van der Waals surface area (Å²) in [6.45, 7) is 3.68. The van der Waals surface area contributed by atoms with Gasteiger partial charge in [-0.3, -0.25) is 4.72 Å². The van der Waals surface area contributed by atoms with Crippen LogP contribution in [0.1, 0.15) is 11.1 Å². The second-order valence-electron chi connectivity index (χ2n) is 5.24. The van der Waals surface area contributed by atoms with Gasteiger partial charge >= 0.3 is 0 Å². The third kappa shape index (κ3) is 3.36. The molecule has 0 radical (unpaired) electrons. The van der Waals surface area contributed by atoms with Gasteiger partial charge in [-0.05, 0) is 55.5 Å². The zero-order chi connectivity index (χ0) is 16.6. The average molecular weight is 365 g/mol. The van der Waals surface area contributed by atoms with Crippen LogP contribution in [0.15, 0.2) is 45.6 Å². The number of aryl methyl sites for hydroxylation is 2. The monoisotopic (exact) mass is 364 g/mol. The molecular formula is C16H16N2O2S3. The predicted molar refractivity (Wildman–Crippen MR) is 98.1 cm³/mol. The van der Waals surface area contributed by atoms with Crippen molar-refractivity contribution in [1.82, 2.24) is 4.98 Å². The highest BCUT2D eigenvalue weighted by atomic mass is 32.2. The Morgan fingerprint density at radius 2 is 1.91 bits per heavy atom. The first-order valence-electron chi connectivity index (χ1n) is 6.94. The number of nitrogens with zero attached hydrogens (tertiary/aromatic N) is 1. The average Bonchev–Trinajstić information content (AvgIpc) is 2.91. The van der Waals surface area contributed by atoms with E-state index in [4.69, 9.17) is 0 Å². The van der Waals surface area contributed by atoms with Crippen LogP contribution in [-0.4, -0.2) is 19.7 Å². The van der Waals surface area contributed by atoms with Crippen molar-refractivity contribution >= 4 is 49.0 Å². The number of sulfonamides is 1. The summed E-state index contributed by atoms with van der Waals surface area (Å²) >= 11 is 3.14. The molecule has 0 aliphatic rings. The molecule has 3 rings (SSSR count). The normalized spacial score (nSPS) is 11.8. The Hall–Kier alpha value is -1.57. The lowest BCUT2D eigenvalue weighted by Gasteiger charge is -2.11. The molecule has 0 aliphatic heterocycles. The van der Waals surface area contributed by atoms with E-state index >= 15 is 0 Å². The molecule has 0 bridgehead atoms. The number of nitrogens with one attached hydrogen (secondary N) is 1. The maximum atomic E-state index is 12.6.